The number of benzene rings is 1. The smallest absolute Gasteiger partial charge is 0.217 e. The third-order valence-electron chi connectivity index (χ3n) is 5.81. The molecule has 0 saturated carbocycles. The van der Waals surface area contributed by atoms with Gasteiger partial charge in [-0.25, -0.2) is 8.42 Å². The highest BCUT2D eigenvalue weighted by Crippen LogP contribution is 2.14. The fraction of sp³-hybridized carbons (Fsp3) is 0.778. The molecule has 1 atom stereocenters. The van der Waals surface area contributed by atoms with Gasteiger partial charge in [0.05, 0.1) is 13.4 Å². The molecule has 1 rings (SSSR count). The van der Waals surface area contributed by atoms with E-state index in [1.165, 1.54) is 120 Å². The second-order valence-electron chi connectivity index (χ2n) is 8.99. The molecule has 0 bridgehead atoms. The Labute approximate surface area is 208 Å². The summed E-state index contributed by atoms with van der Waals surface area (Å²) in [5.74, 6) is 2.70. The van der Waals surface area contributed by atoms with Crippen molar-refractivity contribution in [2.24, 2.45) is 0 Å². The van der Waals surface area contributed by atoms with E-state index in [0.29, 0.717) is 10.9 Å². The molecule has 0 fully saturated rings. The molecule has 4 nitrogen and oxygen atoms in total. The maximum atomic E-state index is 9.22. The Kier molecular flexibility index (Phi) is 22.8. The summed E-state index contributed by atoms with van der Waals surface area (Å²) in [6, 6.07) is 11.0. The second-order valence-corrected chi connectivity index (χ2v) is 12.4. The zero-order chi connectivity index (χ0) is 24.6. The minimum Gasteiger partial charge on any atom is -0.726 e. The van der Waals surface area contributed by atoms with E-state index in [0.717, 1.165) is 7.11 Å². The van der Waals surface area contributed by atoms with Gasteiger partial charge in [0.1, 0.15) is 11.5 Å². The Balaban J connectivity index is 0.00000150. The summed E-state index contributed by atoms with van der Waals surface area (Å²) in [6.07, 6.45) is 25.8. The summed E-state index contributed by atoms with van der Waals surface area (Å²) in [5.41, 5.74) is 1.51. The lowest BCUT2D eigenvalue weighted by molar-refractivity contribution is 0.314. The maximum Gasteiger partial charge on any atom is 0.217 e. The van der Waals surface area contributed by atoms with Crippen molar-refractivity contribution in [1.29, 1.82) is 0 Å². The molecule has 0 aliphatic carbocycles. The van der Waals surface area contributed by atoms with Crippen molar-refractivity contribution in [1.82, 2.24) is 0 Å². The molecule has 194 valence electrons. The van der Waals surface area contributed by atoms with Gasteiger partial charge in [0, 0.05) is 5.56 Å². The zero-order valence-corrected chi connectivity index (χ0v) is 23.2. The van der Waals surface area contributed by atoms with E-state index in [4.69, 9.17) is 0 Å². The Morgan fingerprint density at radius 2 is 1.09 bits per heavy atom. The van der Waals surface area contributed by atoms with Crippen molar-refractivity contribution < 1.29 is 17.2 Å². The molecular formula is C27H50O4S2. The van der Waals surface area contributed by atoms with Crippen LogP contribution in [0.4, 0.5) is 0 Å². The first-order valence-electron chi connectivity index (χ1n) is 13.0. The Morgan fingerprint density at radius 3 is 1.45 bits per heavy atom. The van der Waals surface area contributed by atoms with Crippen LogP contribution < -0.4 is 0 Å². The van der Waals surface area contributed by atoms with E-state index in [1.54, 1.807) is 0 Å². The molecule has 0 aliphatic rings. The van der Waals surface area contributed by atoms with E-state index in [-0.39, 0.29) is 0 Å². The largest absolute Gasteiger partial charge is 0.726 e. The standard InChI is InChI=1S/C26H47S.CH4O4S/c1-3-4-5-6-7-8-9-10-11-12-13-14-15-16-17-21-24-27(2)25-26-22-19-18-20-23-26;1-5-6(2,3)4/h18-20,22-23H,3-17,21,24-25H2,1-2H3;1H3,(H,2,3,4)/q+1;/p-1. The van der Waals surface area contributed by atoms with Crippen LogP contribution in [0.25, 0.3) is 0 Å². The molecule has 0 spiro atoms. The molecule has 0 aromatic heterocycles. The number of unbranched alkanes of at least 4 members (excludes halogenated alkanes) is 15. The summed E-state index contributed by atoms with van der Waals surface area (Å²) in [7, 11) is -3.04. The minimum absolute atomic E-state index is 0.562. The van der Waals surface area contributed by atoms with Gasteiger partial charge < -0.3 is 4.55 Å². The van der Waals surface area contributed by atoms with Gasteiger partial charge in [0.15, 0.2) is 0 Å². The van der Waals surface area contributed by atoms with E-state index in [2.05, 4.69) is 47.7 Å². The Bertz CT molecular complexity index is 620. The van der Waals surface area contributed by atoms with Gasteiger partial charge in [-0.3, -0.25) is 4.18 Å². The molecule has 33 heavy (non-hydrogen) atoms. The van der Waals surface area contributed by atoms with E-state index < -0.39 is 10.4 Å². The highest BCUT2D eigenvalue weighted by atomic mass is 32.3. The van der Waals surface area contributed by atoms with Crippen LogP contribution in [0.15, 0.2) is 30.3 Å². The third kappa shape index (κ3) is 25.9. The van der Waals surface area contributed by atoms with Crippen LogP contribution in [-0.4, -0.2) is 32.1 Å². The van der Waals surface area contributed by atoms with Crippen molar-refractivity contribution in [2.45, 2.75) is 115 Å². The monoisotopic (exact) mass is 502 g/mol. The minimum atomic E-state index is -4.41. The average Bonchev–Trinajstić information content (AvgIpc) is 2.79. The molecule has 0 radical (unpaired) electrons. The fourth-order valence-corrected chi connectivity index (χ4v) is 5.43. The molecule has 0 amide bonds. The lowest BCUT2D eigenvalue weighted by Crippen LogP contribution is -2.08. The second kappa shape index (κ2) is 23.2. The van der Waals surface area contributed by atoms with Crippen LogP contribution in [0.2, 0.25) is 0 Å². The molecule has 1 unspecified atom stereocenters. The molecule has 1 aromatic carbocycles. The summed E-state index contributed by atoms with van der Waals surface area (Å²) < 4.78 is 31.0. The molecular weight excluding hydrogens is 452 g/mol. The lowest BCUT2D eigenvalue weighted by Gasteiger charge is -2.05. The molecule has 6 heteroatoms. The van der Waals surface area contributed by atoms with Gasteiger partial charge in [0.2, 0.25) is 10.4 Å². The van der Waals surface area contributed by atoms with Crippen LogP contribution in [-0.2, 0) is 31.2 Å². The molecule has 0 N–H and O–H groups in total. The summed E-state index contributed by atoms with van der Waals surface area (Å²) in [5, 5.41) is 0. The maximum absolute atomic E-state index is 9.22. The van der Waals surface area contributed by atoms with Crippen LogP contribution in [0.5, 0.6) is 0 Å². The third-order valence-corrected chi connectivity index (χ3v) is 8.03. The lowest BCUT2D eigenvalue weighted by atomic mass is 10.0. The Morgan fingerprint density at radius 1 is 0.727 bits per heavy atom. The van der Waals surface area contributed by atoms with Crippen molar-refractivity contribution >= 4 is 21.3 Å². The summed E-state index contributed by atoms with van der Waals surface area (Å²) in [6.45, 7) is 2.30. The molecule has 0 saturated heterocycles. The number of hydrogen-bond acceptors (Lipinski definition) is 4. The summed E-state index contributed by atoms with van der Waals surface area (Å²) in [4.78, 5) is 0. The van der Waals surface area contributed by atoms with E-state index in [1.807, 2.05) is 0 Å². The van der Waals surface area contributed by atoms with Gasteiger partial charge in [-0.05, 0) is 23.7 Å². The van der Waals surface area contributed by atoms with Crippen LogP contribution in [0, 0.1) is 0 Å². The van der Waals surface area contributed by atoms with Crippen LogP contribution in [0.1, 0.15) is 115 Å². The van der Waals surface area contributed by atoms with Crippen molar-refractivity contribution in [3.63, 3.8) is 0 Å². The zero-order valence-electron chi connectivity index (χ0n) is 21.6. The fourth-order valence-electron chi connectivity index (χ4n) is 3.83. The predicted molar refractivity (Wildman–Crippen MR) is 145 cm³/mol. The average molecular weight is 503 g/mol. The number of rotatable bonds is 20. The Hall–Kier alpha value is -0.560. The van der Waals surface area contributed by atoms with Gasteiger partial charge in [0.25, 0.3) is 0 Å². The topological polar surface area (TPSA) is 66.4 Å². The highest BCUT2D eigenvalue weighted by molar-refractivity contribution is 7.95. The van der Waals surface area contributed by atoms with Gasteiger partial charge in [-0.2, -0.15) is 0 Å². The highest BCUT2D eigenvalue weighted by Gasteiger charge is 2.11. The SMILES string of the molecule is CCCCCCCCCCCCCCCCCC[S+](C)Cc1ccccc1.COS(=O)(=O)[O-]. The van der Waals surface area contributed by atoms with Gasteiger partial charge >= 0.3 is 0 Å². The first-order chi connectivity index (χ1) is 15.9. The summed E-state index contributed by atoms with van der Waals surface area (Å²) >= 11 is 0. The van der Waals surface area contributed by atoms with Gasteiger partial charge in [-0.15, -0.1) is 0 Å². The quantitative estimate of drug-likeness (QED) is 0.0790. The number of hydrogen-bond donors (Lipinski definition) is 0. The van der Waals surface area contributed by atoms with Crippen LogP contribution >= 0.6 is 0 Å². The molecule has 0 aliphatic heterocycles. The van der Waals surface area contributed by atoms with Gasteiger partial charge in [-0.1, -0.05) is 127 Å². The van der Waals surface area contributed by atoms with E-state index >= 15 is 0 Å². The first kappa shape index (κ1) is 32.4. The molecule has 0 heterocycles. The van der Waals surface area contributed by atoms with Crippen LogP contribution in [0.3, 0.4) is 0 Å². The first-order valence-corrected chi connectivity index (χ1v) is 16.3. The van der Waals surface area contributed by atoms with Crippen molar-refractivity contribution in [3.05, 3.63) is 35.9 Å². The predicted octanol–water partition coefficient (Wildman–Crippen LogP) is 7.79. The van der Waals surface area contributed by atoms with Crippen molar-refractivity contribution in [3.8, 4) is 0 Å². The van der Waals surface area contributed by atoms with E-state index in [9.17, 15) is 13.0 Å². The normalized spacial score (nSPS) is 12.2. The van der Waals surface area contributed by atoms with Crippen molar-refractivity contribution in [2.75, 3.05) is 19.1 Å². The molecule has 1 aromatic rings.